The first kappa shape index (κ1) is 23.0. The summed E-state index contributed by atoms with van der Waals surface area (Å²) in [6.07, 6.45) is -4.18. The van der Waals surface area contributed by atoms with E-state index >= 15 is 0 Å². The molecule has 0 aliphatic rings. The molecule has 0 rings (SSSR count). The van der Waals surface area contributed by atoms with Gasteiger partial charge in [0.15, 0.2) is 0 Å². The van der Waals surface area contributed by atoms with Crippen LogP contribution in [0.4, 0.5) is 9.59 Å². The molecule has 0 aromatic heterocycles. The van der Waals surface area contributed by atoms with E-state index in [0.717, 1.165) is 0 Å². The van der Waals surface area contributed by atoms with Crippen LogP contribution in [0.15, 0.2) is 0 Å². The molecule has 0 fully saturated rings. The predicted molar refractivity (Wildman–Crippen MR) is 16.6 cm³/mol. The second-order valence-electron chi connectivity index (χ2n) is 0.667. The van der Waals surface area contributed by atoms with E-state index in [2.05, 4.69) is 9.78 Å². The van der Waals surface area contributed by atoms with Gasteiger partial charge in [-0.25, -0.2) is 0 Å². The molecule has 0 atom stereocenters. The summed E-state index contributed by atoms with van der Waals surface area (Å²) in [5, 5.41) is 18.3. The van der Waals surface area contributed by atoms with Crippen molar-refractivity contribution in [3.8, 4) is 0 Å². The second kappa shape index (κ2) is 14.3. The average molecular weight is 216 g/mol. The molecule has 11 heavy (non-hydrogen) atoms. The summed E-state index contributed by atoms with van der Waals surface area (Å²) in [6, 6.07) is 0. The van der Waals surface area contributed by atoms with Crippen LogP contribution in [0, 0.1) is 0 Å². The first-order chi connectivity index (χ1) is 3.63. The van der Waals surface area contributed by atoms with E-state index in [0.29, 0.717) is 0 Å². The predicted octanol–water partition coefficient (Wildman–Crippen LogP) is -9.20. The van der Waals surface area contributed by atoms with Gasteiger partial charge < -0.3 is 35.1 Å². The second-order valence-corrected chi connectivity index (χ2v) is 0.667. The Morgan fingerprint density at radius 1 is 0.909 bits per heavy atom. The van der Waals surface area contributed by atoms with Crippen molar-refractivity contribution in [1.82, 2.24) is 0 Å². The molecule has 0 aromatic carbocycles. The smallest absolute Gasteiger partial charge is 0.424 e. The Labute approximate surface area is 146 Å². The minimum Gasteiger partial charge on any atom is -0.424 e. The fourth-order valence-electron chi connectivity index (χ4n) is 0.0680. The molecule has 54 valence electrons. The van der Waals surface area contributed by atoms with E-state index in [1.165, 1.54) is 0 Å². The van der Waals surface area contributed by atoms with Gasteiger partial charge in [-0.1, -0.05) is 0 Å². The maximum atomic E-state index is 9.15. The minimum atomic E-state index is -2.09. The molecular weight excluding hydrogens is 214 g/mol. The third-order valence-electron chi connectivity index (χ3n) is 0.178. The molecule has 0 aliphatic heterocycles. The van der Waals surface area contributed by atoms with Gasteiger partial charge in [0.1, 0.15) is 0 Å². The Hall–Kier alpha value is 1.77. The van der Waals surface area contributed by atoms with Crippen molar-refractivity contribution in [3.63, 3.8) is 0 Å². The molecular formula is C2H2K2O7. The van der Waals surface area contributed by atoms with Gasteiger partial charge in [-0.3, -0.25) is 0 Å². The van der Waals surface area contributed by atoms with Crippen LogP contribution in [0.1, 0.15) is 0 Å². The minimum absolute atomic E-state index is 0. The Morgan fingerprint density at radius 2 is 1.09 bits per heavy atom. The molecule has 0 spiro atoms. The van der Waals surface area contributed by atoms with Crippen LogP contribution < -0.4 is 113 Å². The van der Waals surface area contributed by atoms with E-state index in [1.54, 1.807) is 0 Å². The van der Waals surface area contributed by atoms with Gasteiger partial charge in [0.2, 0.25) is 0 Å². The van der Waals surface area contributed by atoms with Gasteiger partial charge in [-0.15, -0.1) is 0 Å². The molecule has 0 aromatic rings. The molecule has 0 aliphatic carbocycles. The molecule has 0 amide bonds. The van der Waals surface area contributed by atoms with Gasteiger partial charge in [-0.2, -0.15) is 0 Å². The molecule has 0 unspecified atom stereocenters. The number of carbonyl (C=O) groups excluding carboxylic acids is 2. The standard InChI is InChI=1S/C2H2O6.2K.H2O/c3-1(4)7-8-2(5)6;;;/h(H,3,4)(H,5,6);;;1H2/q;2*+1;/p-2. The zero-order valence-corrected chi connectivity index (χ0v) is 12.2. The maximum absolute atomic E-state index is 9.15. The summed E-state index contributed by atoms with van der Waals surface area (Å²) in [6.45, 7) is 0. The number of carboxylic acid groups (broad SMARTS) is 2. The summed E-state index contributed by atoms with van der Waals surface area (Å²) in [4.78, 5) is 24.2. The molecule has 9 heteroatoms. The third-order valence-corrected chi connectivity index (χ3v) is 0.178. The normalized spacial score (nSPS) is 5.45. The largest absolute Gasteiger partial charge is 1.00 e. The van der Waals surface area contributed by atoms with E-state index in [9.17, 15) is 0 Å². The molecule has 7 nitrogen and oxygen atoms in total. The van der Waals surface area contributed by atoms with E-state index in [1.807, 2.05) is 0 Å². The fraction of sp³-hybridized carbons (Fsp3) is 0. The van der Waals surface area contributed by atoms with Crippen molar-refractivity contribution in [1.29, 1.82) is 0 Å². The van der Waals surface area contributed by atoms with Crippen LogP contribution in [0.3, 0.4) is 0 Å². The van der Waals surface area contributed by atoms with Crippen LogP contribution in [0.5, 0.6) is 0 Å². The van der Waals surface area contributed by atoms with Crippen molar-refractivity contribution < 1.29 is 138 Å². The molecule has 2 N–H and O–H groups in total. The number of carbonyl (C=O) groups is 2. The Kier molecular flexibility index (Phi) is 29.9. The van der Waals surface area contributed by atoms with Gasteiger partial charge in [0.25, 0.3) is 12.3 Å². The van der Waals surface area contributed by atoms with Gasteiger partial charge >= 0.3 is 103 Å². The van der Waals surface area contributed by atoms with Crippen LogP contribution in [0.2, 0.25) is 0 Å². The van der Waals surface area contributed by atoms with E-state index in [4.69, 9.17) is 19.8 Å². The third kappa shape index (κ3) is 24.5. The molecule has 0 saturated carbocycles. The van der Waals surface area contributed by atoms with Gasteiger partial charge in [0, 0.05) is 0 Å². The zero-order valence-electron chi connectivity index (χ0n) is 5.95. The maximum Gasteiger partial charge on any atom is 1.00 e. The van der Waals surface area contributed by atoms with Crippen LogP contribution in [-0.4, -0.2) is 17.8 Å². The Morgan fingerprint density at radius 3 is 1.18 bits per heavy atom. The number of hydrogen-bond acceptors (Lipinski definition) is 6. The Bertz CT molecular complexity index is 99.0. The topological polar surface area (TPSA) is 130 Å². The summed E-state index contributed by atoms with van der Waals surface area (Å²) in [5.41, 5.74) is 0. The van der Waals surface area contributed by atoms with Crippen LogP contribution >= 0.6 is 0 Å². The Balaban J connectivity index is -0.0000000817. The molecule has 0 bridgehead atoms. The summed E-state index contributed by atoms with van der Waals surface area (Å²) in [5.74, 6) is 0. The zero-order chi connectivity index (χ0) is 6.57. The first-order valence-electron chi connectivity index (χ1n) is 1.39. The van der Waals surface area contributed by atoms with Gasteiger partial charge in [-0.05, 0) is 0 Å². The van der Waals surface area contributed by atoms with Gasteiger partial charge in [0.05, 0.1) is 0 Å². The van der Waals surface area contributed by atoms with Crippen molar-refractivity contribution in [3.05, 3.63) is 0 Å². The van der Waals surface area contributed by atoms with Crippen molar-refractivity contribution in [2.45, 2.75) is 0 Å². The monoisotopic (exact) mass is 216 g/mol. The van der Waals surface area contributed by atoms with E-state index < -0.39 is 12.3 Å². The first-order valence-corrected chi connectivity index (χ1v) is 1.39. The summed E-state index contributed by atoms with van der Waals surface area (Å²) >= 11 is 0. The van der Waals surface area contributed by atoms with Crippen molar-refractivity contribution in [2.75, 3.05) is 0 Å². The molecule has 0 radical (unpaired) electrons. The summed E-state index contributed by atoms with van der Waals surface area (Å²) in [7, 11) is 0. The number of hydrogen-bond donors (Lipinski definition) is 0. The van der Waals surface area contributed by atoms with Crippen molar-refractivity contribution in [2.24, 2.45) is 0 Å². The SMILES string of the molecule is O.O=C([O-])OOC(=O)[O-].[K+].[K+]. The average Bonchev–Trinajstić information content (AvgIpc) is 1.61. The van der Waals surface area contributed by atoms with Crippen LogP contribution in [-0.2, 0) is 9.78 Å². The van der Waals surface area contributed by atoms with Crippen LogP contribution in [0.25, 0.3) is 0 Å². The van der Waals surface area contributed by atoms with Crippen molar-refractivity contribution >= 4 is 12.3 Å². The van der Waals surface area contributed by atoms with E-state index in [-0.39, 0.29) is 108 Å². The number of rotatable bonds is 0. The fourth-order valence-corrected chi connectivity index (χ4v) is 0.0680. The summed E-state index contributed by atoms with van der Waals surface area (Å²) < 4.78 is 0. The molecule has 0 saturated heterocycles. The quantitative estimate of drug-likeness (QED) is 0.224. The molecule has 0 heterocycles.